The van der Waals surface area contributed by atoms with Crippen LogP contribution in [0, 0.1) is 11.3 Å². The summed E-state index contributed by atoms with van der Waals surface area (Å²) >= 11 is 3.42. The topological polar surface area (TPSA) is 45.5 Å². The van der Waals surface area contributed by atoms with E-state index in [9.17, 15) is 0 Å². The molecule has 1 unspecified atom stereocenters. The van der Waals surface area contributed by atoms with E-state index in [0.717, 1.165) is 16.7 Å². The molecule has 0 N–H and O–H groups in total. The highest BCUT2D eigenvalue weighted by Crippen LogP contribution is 2.25. The Morgan fingerprint density at radius 3 is 2.63 bits per heavy atom. The molecule has 4 nitrogen and oxygen atoms in total. The van der Waals surface area contributed by atoms with Gasteiger partial charge in [0.2, 0.25) is 0 Å². The Morgan fingerprint density at radius 2 is 2.11 bits per heavy atom. The zero-order chi connectivity index (χ0) is 14.3. The lowest BCUT2D eigenvalue weighted by molar-refractivity contribution is 0.171. The maximum Gasteiger partial charge on any atom is 0.100 e. The molecule has 0 saturated carbocycles. The number of nitrogens with zero attached hydrogens (tertiary/aromatic N) is 2. The van der Waals surface area contributed by atoms with Crippen LogP contribution in [0.25, 0.3) is 0 Å². The maximum atomic E-state index is 8.95. The van der Waals surface area contributed by atoms with E-state index in [1.165, 1.54) is 0 Å². The molecule has 0 fully saturated rings. The van der Waals surface area contributed by atoms with Crippen molar-refractivity contribution in [2.24, 2.45) is 0 Å². The fourth-order valence-corrected chi connectivity index (χ4v) is 2.35. The smallest absolute Gasteiger partial charge is 0.100 e. The van der Waals surface area contributed by atoms with Gasteiger partial charge in [0.1, 0.15) is 6.07 Å². The molecule has 1 aromatic carbocycles. The summed E-state index contributed by atoms with van der Waals surface area (Å²) in [6, 6.07) is 8.11. The van der Waals surface area contributed by atoms with Crippen molar-refractivity contribution in [1.82, 2.24) is 0 Å². The molecule has 1 aromatic rings. The summed E-state index contributed by atoms with van der Waals surface area (Å²) in [5.74, 6) is 0. The lowest BCUT2D eigenvalue weighted by atomic mass is 10.2. The van der Waals surface area contributed by atoms with Gasteiger partial charge in [0.25, 0.3) is 0 Å². The quantitative estimate of drug-likeness (QED) is 0.773. The van der Waals surface area contributed by atoms with Crippen molar-refractivity contribution in [3.05, 3.63) is 28.2 Å². The van der Waals surface area contributed by atoms with E-state index in [4.69, 9.17) is 14.7 Å². The molecular formula is C14H19BrN2O2. The fourth-order valence-electron chi connectivity index (χ4n) is 1.90. The van der Waals surface area contributed by atoms with Crippen LogP contribution >= 0.6 is 15.9 Å². The van der Waals surface area contributed by atoms with Gasteiger partial charge in [0.15, 0.2) is 0 Å². The van der Waals surface area contributed by atoms with Crippen LogP contribution in [0.3, 0.4) is 0 Å². The monoisotopic (exact) mass is 326 g/mol. The van der Waals surface area contributed by atoms with Crippen molar-refractivity contribution in [3.8, 4) is 6.07 Å². The number of methoxy groups -OCH3 is 2. The second-order valence-electron chi connectivity index (χ2n) is 4.27. The summed E-state index contributed by atoms with van der Waals surface area (Å²) in [5, 5.41) is 8.95. The Bertz CT molecular complexity index is 446. The van der Waals surface area contributed by atoms with Crippen LogP contribution in [0.1, 0.15) is 12.5 Å². The predicted octanol–water partition coefficient (Wildman–Crippen LogP) is 2.81. The molecule has 0 radical (unpaired) electrons. The van der Waals surface area contributed by atoms with E-state index in [-0.39, 0.29) is 6.04 Å². The van der Waals surface area contributed by atoms with Crippen molar-refractivity contribution in [3.63, 3.8) is 0 Å². The third kappa shape index (κ3) is 4.50. The van der Waals surface area contributed by atoms with Gasteiger partial charge in [-0.25, -0.2) is 0 Å². The first-order chi connectivity index (χ1) is 9.13. The van der Waals surface area contributed by atoms with E-state index >= 15 is 0 Å². The number of anilines is 1. The molecule has 0 heterocycles. The Morgan fingerprint density at radius 1 is 1.37 bits per heavy atom. The molecular weight excluding hydrogens is 308 g/mol. The SMILES string of the molecule is COCCN(c1ccc(C#N)c(Br)c1)C(C)COC. The molecule has 1 atom stereocenters. The molecule has 0 aliphatic heterocycles. The summed E-state index contributed by atoms with van der Waals surface area (Å²) in [4.78, 5) is 2.21. The summed E-state index contributed by atoms with van der Waals surface area (Å²) in [5.41, 5.74) is 1.68. The Balaban J connectivity index is 2.96. The van der Waals surface area contributed by atoms with Crippen molar-refractivity contribution in [1.29, 1.82) is 5.26 Å². The average Bonchev–Trinajstić information content (AvgIpc) is 2.39. The first-order valence-electron chi connectivity index (χ1n) is 6.08. The van der Waals surface area contributed by atoms with E-state index < -0.39 is 0 Å². The molecule has 0 spiro atoms. The largest absolute Gasteiger partial charge is 0.383 e. The highest BCUT2D eigenvalue weighted by molar-refractivity contribution is 9.10. The summed E-state index contributed by atoms with van der Waals surface area (Å²) < 4.78 is 11.2. The van der Waals surface area contributed by atoms with Crippen LogP contribution in [0.5, 0.6) is 0 Å². The minimum Gasteiger partial charge on any atom is -0.383 e. The van der Waals surface area contributed by atoms with Crippen molar-refractivity contribution in [2.75, 3.05) is 38.9 Å². The van der Waals surface area contributed by atoms with Crippen molar-refractivity contribution >= 4 is 21.6 Å². The molecule has 0 aliphatic rings. The number of hydrogen-bond donors (Lipinski definition) is 0. The van der Waals surface area contributed by atoms with Crippen LogP contribution < -0.4 is 4.90 Å². The molecule has 0 bridgehead atoms. The van der Waals surface area contributed by atoms with Crippen molar-refractivity contribution in [2.45, 2.75) is 13.0 Å². The molecule has 0 amide bonds. The number of nitriles is 1. The number of ether oxygens (including phenoxy) is 2. The third-order valence-electron chi connectivity index (χ3n) is 2.88. The lowest BCUT2D eigenvalue weighted by Gasteiger charge is -2.31. The first-order valence-corrected chi connectivity index (χ1v) is 6.87. The van der Waals surface area contributed by atoms with Crippen molar-refractivity contribution < 1.29 is 9.47 Å². The van der Waals surface area contributed by atoms with Gasteiger partial charge in [-0.1, -0.05) is 0 Å². The second-order valence-corrected chi connectivity index (χ2v) is 5.12. The maximum absolute atomic E-state index is 8.95. The first kappa shape index (κ1) is 16.0. The van der Waals surface area contributed by atoms with Gasteiger partial charge >= 0.3 is 0 Å². The van der Waals surface area contributed by atoms with Crippen LogP contribution in [-0.4, -0.2) is 40.0 Å². The van der Waals surface area contributed by atoms with E-state index in [1.54, 1.807) is 14.2 Å². The minimum atomic E-state index is 0.236. The second kappa shape index (κ2) is 8.16. The fraction of sp³-hybridized carbons (Fsp3) is 0.500. The molecule has 19 heavy (non-hydrogen) atoms. The molecule has 104 valence electrons. The van der Waals surface area contributed by atoms with Gasteiger partial charge in [-0.05, 0) is 41.1 Å². The lowest BCUT2D eigenvalue weighted by Crippen LogP contribution is -2.38. The number of hydrogen-bond acceptors (Lipinski definition) is 4. The Labute approximate surface area is 123 Å². The number of rotatable bonds is 7. The van der Waals surface area contributed by atoms with Crippen LogP contribution in [-0.2, 0) is 9.47 Å². The average molecular weight is 327 g/mol. The predicted molar refractivity (Wildman–Crippen MR) is 79.4 cm³/mol. The molecule has 5 heteroatoms. The van der Waals surface area contributed by atoms with Gasteiger partial charge < -0.3 is 14.4 Å². The highest BCUT2D eigenvalue weighted by atomic mass is 79.9. The zero-order valence-corrected chi connectivity index (χ0v) is 13.1. The zero-order valence-electron chi connectivity index (χ0n) is 11.5. The van der Waals surface area contributed by atoms with Crippen LogP contribution in [0.2, 0.25) is 0 Å². The van der Waals surface area contributed by atoms with Gasteiger partial charge in [-0.3, -0.25) is 0 Å². The Hall–Kier alpha value is -1.09. The summed E-state index contributed by atoms with van der Waals surface area (Å²) in [6.45, 7) is 4.16. The minimum absolute atomic E-state index is 0.236. The summed E-state index contributed by atoms with van der Waals surface area (Å²) in [7, 11) is 3.38. The van der Waals surface area contributed by atoms with E-state index in [2.05, 4.69) is 33.8 Å². The van der Waals surface area contributed by atoms with Gasteiger partial charge in [0, 0.05) is 37.0 Å². The molecule has 0 aromatic heterocycles. The standard InChI is InChI=1S/C14H19BrN2O2/c1-11(10-19-3)17(6-7-18-2)13-5-4-12(9-16)14(15)8-13/h4-5,8,11H,6-7,10H2,1-3H3. The Kier molecular flexibility index (Phi) is 6.85. The normalized spacial score (nSPS) is 11.9. The number of halogens is 1. The van der Waals surface area contributed by atoms with E-state index in [0.29, 0.717) is 18.8 Å². The third-order valence-corrected chi connectivity index (χ3v) is 3.54. The molecule has 0 aliphatic carbocycles. The van der Waals surface area contributed by atoms with Gasteiger partial charge in [-0.15, -0.1) is 0 Å². The van der Waals surface area contributed by atoms with Gasteiger partial charge in [0.05, 0.1) is 18.8 Å². The summed E-state index contributed by atoms with van der Waals surface area (Å²) in [6.07, 6.45) is 0. The van der Waals surface area contributed by atoms with Gasteiger partial charge in [-0.2, -0.15) is 5.26 Å². The highest BCUT2D eigenvalue weighted by Gasteiger charge is 2.15. The molecule has 0 saturated heterocycles. The van der Waals surface area contributed by atoms with Crippen LogP contribution in [0.4, 0.5) is 5.69 Å². The number of benzene rings is 1. The van der Waals surface area contributed by atoms with Crippen LogP contribution in [0.15, 0.2) is 22.7 Å². The van der Waals surface area contributed by atoms with E-state index in [1.807, 2.05) is 18.2 Å². The molecule has 1 rings (SSSR count).